The number of carbonyl (C=O) groups is 1. The van der Waals surface area contributed by atoms with Gasteiger partial charge in [-0.25, -0.2) is 8.42 Å². The number of amides is 1. The second-order valence-corrected chi connectivity index (χ2v) is 7.47. The summed E-state index contributed by atoms with van der Waals surface area (Å²) in [6.07, 6.45) is 0. The number of hydrogen-bond donors (Lipinski definition) is 1. The van der Waals surface area contributed by atoms with Crippen molar-refractivity contribution in [3.05, 3.63) is 29.3 Å². The molecule has 1 N–H and O–H groups in total. The highest BCUT2D eigenvalue weighted by Gasteiger charge is 2.32. The zero-order chi connectivity index (χ0) is 16.3. The molecule has 1 saturated heterocycles. The summed E-state index contributed by atoms with van der Waals surface area (Å²) in [5, 5.41) is 2.83. The highest BCUT2D eigenvalue weighted by molar-refractivity contribution is 7.89. The molecule has 1 heterocycles. The average Bonchev–Trinajstić information content (AvgIpc) is 2.53. The van der Waals surface area contributed by atoms with Crippen LogP contribution in [0.2, 0.25) is 5.02 Å². The largest absolute Gasteiger partial charge is 0.358 e. The van der Waals surface area contributed by atoms with Crippen molar-refractivity contribution in [2.24, 2.45) is 0 Å². The first kappa shape index (κ1) is 17.2. The van der Waals surface area contributed by atoms with Crippen LogP contribution in [0.25, 0.3) is 0 Å². The Labute approximate surface area is 136 Å². The summed E-state index contributed by atoms with van der Waals surface area (Å²) < 4.78 is 26.7. The average molecular weight is 346 g/mol. The molecule has 0 radical (unpaired) electrons. The first-order chi connectivity index (χ1) is 10.4. The summed E-state index contributed by atoms with van der Waals surface area (Å²) in [5.74, 6) is -0.0672. The topological polar surface area (TPSA) is 69.7 Å². The van der Waals surface area contributed by atoms with Crippen LogP contribution >= 0.6 is 11.6 Å². The molecule has 122 valence electrons. The quantitative estimate of drug-likeness (QED) is 0.875. The van der Waals surface area contributed by atoms with E-state index in [2.05, 4.69) is 5.32 Å². The standard InChI is InChI=1S/C14H20ClN3O3S/c1-11(14(19)16-2)17-7-9-18(10-8-17)22(20,21)13-6-4-3-5-12(13)15/h3-6,11H,7-10H2,1-2H3,(H,16,19)/t11-/m0/s1. The molecule has 1 aromatic carbocycles. The summed E-state index contributed by atoms with van der Waals surface area (Å²) in [4.78, 5) is 13.8. The van der Waals surface area contributed by atoms with E-state index >= 15 is 0 Å². The van der Waals surface area contributed by atoms with Gasteiger partial charge in [-0.2, -0.15) is 4.31 Å². The number of likely N-dealkylation sites (N-methyl/N-ethyl adjacent to an activating group) is 1. The Hall–Kier alpha value is -1.15. The van der Waals surface area contributed by atoms with E-state index < -0.39 is 10.0 Å². The van der Waals surface area contributed by atoms with E-state index in [1.807, 2.05) is 11.8 Å². The first-order valence-electron chi connectivity index (χ1n) is 7.08. The third-order valence-electron chi connectivity index (χ3n) is 3.90. The highest BCUT2D eigenvalue weighted by atomic mass is 35.5. The minimum atomic E-state index is -3.59. The van der Waals surface area contributed by atoms with Crippen LogP contribution in [-0.2, 0) is 14.8 Å². The Balaban J connectivity index is 2.08. The van der Waals surface area contributed by atoms with Crippen molar-refractivity contribution < 1.29 is 13.2 Å². The van der Waals surface area contributed by atoms with Crippen molar-refractivity contribution in [1.82, 2.24) is 14.5 Å². The van der Waals surface area contributed by atoms with E-state index in [-0.39, 0.29) is 21.9 Å². The number of carbonyl (C=O) groups excluding carboxylic acids is 1. The minimum absolute atomic E-state index is 0.0672. The fourth-order valence-corrected chi connectivity index (χ4v) is 4.41. The number of sulfonamides is 1. The fraction of sp³-hybridized carbons (Fsp3) is 0.500. The number of hydrogen-bond acceptors (Lipinski definition) is 4. The van der Waals surface area contributed by atoms with Crippen LogP contribution < -0.4 is 5.32 Å². The van der Waals surface area contributed by atoms with Gasteiger partial charge in [-0.3, -0.25) is 9.69 Å². The first-order valence-corrected chi connectivity index (χ1v) is 8.90. The predicted octanol–water partition coefficient (Wildman–Crippen LogP) is 0.781. The van der Waals surface area contributed by atoms with Gasteiger partial charge in [0.05, 0.1) is 11.1 Å². The molecule has 0 aliphatic carbocycles. The maximum Gasteiger partial charge on any atom is 0.244 e. The molecule has 0 aromatic heterocycles. The normalized spacial score (nSPS) is 18.9. The van der Waals surface area contributed by atoms with Gasteiger partial charge < -0.3 is 5.32 Å². The highest BCUT2D eigenvalue weighted by Crippen LogP contribution is 2.25. The molecule has 1 atom stereocenters. The summed E-state index contributed by atoms with van der Waals surface area (Å²) in [5.41, 5.74) is 0. The second-order valence-electron chi connectivity index (χ2n) is 5.16. The van der Waals surface area contributed by atoms with E-state index in [0.717, 1.165) is 0 Å². The molecule has 1 aliphatic rings. The lowest BCUT2D eigenvalue weighted by Crippen LogP contribution is -2.54. The molecule has 0 bridgehead atoms. The Bertz CT molecular complexity index is 642. The summed E-state index contributed by atoms with van der Waals surface area (Å²) in [6, 6.07) is 6.16. The molecule has 1 fully saturated rings. The van der Waals surface area contributed by atoms with Crippen LogP contribution in [0.1, 0.15) is 6.92 Å². The van der Waals surface area contributed by atoms with Crippen molar-refractivity contribution >= 4 is 27.5 Å². The molecule has 1 aliphatic heterocycles. The van der Waals surface area contributed by atoms with Gasteiger partial charge in [0, 0.05) is 33.2 Å². The van der Waals surface area contributed by atoms with Crippen LogP contribution in [0.4, 0.5) is 0 Å². The number of halogens is 1. The number of nitrogens with zero attached hydrogens (tertiary/aromatic N) is 2. The van der Waals surface area contributed by atoms with Gasteiger partial charge in [-0.1, -0.05) is 23.7 Å². The number of benzene rings is 1. The van der Waals surface area contributed by atoms with Gasteiger partial charge in [0.2, 0.25) is 15.9 Å². The summed E-state index contributed by atoms with van der Waals surface area (Å²) >= 11 is 6.00. The van der Waals surface area contributed by atoms with Crippen molar-refractivity contribution in [2.75, 3.05) is 33.2 Å². The lowest BCUT2D eigenvalue weighted by molar-refractivity contribution is -0.125. The molecule has 1 amide bonds. The maximum atomic E-state index is 12.6. The van der Waals surface area contributed by atoms with Crippen LogP contribution in [0, 0.1) is 0 Å². The molecule has 22 heavy (non-hydrogen) atoms. The van der Waals surface area contributed by atoms with Gasteiger partial charge in [-0.05, 0) is 19.1 Å². The number of rotatable bonds is 4. The van der Waals surface area contributed by atoms with Crippen LogP contribution in [-0.4, -0.2) is 62.8 Å². The van der Waals surface area contributed by atoms with Crippen molar-refractivity contribution in [1.29, 1.82) is 0 Å². The Kier molecular flexibility index (Phi) is 5.44. The third kappa shape index (κ3) is 3.43. The maximum absolute atomic E-state index is 12.6. The number of nitrogens with one attached hydrogen (secondary N) is 1. The Morgan fingerprint density at radius 1 is 1.23 bits per heavy atom. The number of piperazine rings is 1. The molecule has 1 aromatic rings. The molecular formula is C14H20ClN3O3S. The van der Waals surface area contributed by atoms with Gasteiger partial charge in [0.15, 0.2) is 0 Å². The van der Waals surface area contributed by atoms with Crippen molar-refractivity contribution in [2.45, 2.75) is 17.9 Å². The van der Waals surface area contributed by atoms with E-state index in [4.69, 9.17) is 11.6 Å². The zero-order valence-electron chi connectivity index (χ0n) is 12.6. The lowest BCUT2D eigenvalue weighted by atomic mass is 10.2. The molecule has 0 saturated carbocycles. The molecule has 0 spiro atoms. The Morgan fingerprint density at radius 2 is 1.82 bits per heavy atom. The van der Waals surface area contributed by atoms with Crippen molar-refractivity contribution in [3.63, 3.8) is 0 Å². The molecule has 8 heteroatoms. The molecule has 0 unspecified atom stereocenters. The fourth-order valence-electron chi connectivity index (χ4n) is 2.50. The molecular weight excluding hydrogens is 326 g/mol. The SMILES string of the molecule is CNC(=O)[C@H](C)N1CCN(S(=O)(=O)c2ccccc2Cl)CC1. The van der Waals surface area contributed by atoms with Crippen LogP contribution in [0.15, 0.2) is 29.2 Å². The third-order valence-corrected chi connectivity index (χ3v) is 6.30. The predicted molar refractivity (Wildman–Crippen MR) is 85.3 cm³/mol. The zero-order valence-corrected chi connectivity index (χ0v) is 14.2. The van der Waals surface area contributed by atoms with Crippen molar-refractivity contribution in [3.8, 4) is 0 Å². The van der Waals surface area contributed by atoms with E-state index in [9.17, 15) is 13.2 Å². The van der Waals surface area contributed by atoms with Gasteiger partial charge in [0.1, 0.15) is 4.90 Å². The van der Waals surface area contributed by atoms with Crippen LogP contribution in [0.3, 0.4) is 0 Å². The van der Waals surface area contributed by atoms with E-state index in [0.29, 0.717) is 26.2 Å². The molecule has 6 nitrogen and oxygen atoms in total. The smallest absolute Gasteiger partial charge is 0.244 e. The Morgan fingerprint density at radius 3 is 2.36 bits per heavy atom. The van der Waals surface area contributed by atoms with E-state index in [1.165, 1.54) is 10.4 Å². The summed E-state index contributed by atoms with van der Waals surface area (Å²) in [7, 11) is -2.00. The lowest BCUT2D eigenvalue weighted by Gasteiger charge is -2.36. The van der Waals surface area contributed by atoms with E-state index in [1.54, 1.807) is 25.2 Å². The van der Waals surface area contributed by atoms with Gasteiger partial charge in [-0.15, -0.1) is 0 Å². The van der Waals surface area contributed by atoms with Crippen LogP contribution in [0.5, 0.6) is 0 Å². The monoisotopic (exact) mass is 345 g/mol. The minimum Gasteiger partial charge on any atom is -0.358 e. The van der Waals surface area contributed by atoms with Gasteiger partial charge in [0.25, 0.3) is 0 Å². The van der Waals surface area contributed by atoms with Gasteiger partial charge >= 0.3 is 0 Å². The summed E-state index contributed by atoms with van der Waals surface area (Å²) in [6.45, 7) is 3.53. The second kappa shape index (κ2) is 6.95. The molecule has 2 rings (SSSR count).